The smallest absolute Gasteiger partial charge is 0.238 e. The Balaban J connectivity index is 1.54. The van der Waals surface area contributed by atoms with Crippen molar-refractivity contribution in [1.82, 2.24) is 0 Å². The van der Waals surface area contributed by atoms with Crippen LogP contribution in [0.4, 0.5) is 5.69 Å². The summed E-state index contributed by atoms with van der Waals surface area (Å²) in [6.45, 7) is 0. The number of hydrogen-bond acceptors (Lipinski definition) is 3. The van der Waals surface area contributed by atoms with E-state index in [0.717, 1.165) is 5.75 Å². The van der Waals surface area contributed by atoms with Crippen LogP contribution in [0.2, 0.25) is 0 Å². The van der Waals surface area contributed by atoms with E-state index in [9.17, 15) is 9.59 Å². The molecule has 1 heterocycles. The van der Waals surface area contributed by atoms with Crippen LogP contribution in [0.1, 0.15) is 6.42 Å². The van der Waals surface area contributed by atoms with Crippen molar-refractivity contribution in [2.24, 2.45) is 35.5 Å². The minimum absolute atomic E-state index is 0.00938. The van der Waals surface area contributed by atoms with Gasteiger partial charge in [0.05, 0.1) is 24.6 Å². The van der Waals surface area contributed by atoms with E-state index in [0.29, 0.717) is 17.5 Å². The van der Waals surface area contributed by atoms with Crippen LogP contribution in [0.25, 0.3) is 0 Å². The van der Waals surface area contributed by atoms with Crippen molar-refractivity contribution in [2.45, 2.75) is 6.42 Å². The summed E-state index contributed by atoms with van der Waals surface area (Å²) in [6, 6.07) is 7.18. The Hall–Kier alpha value is -2.10. The van der Waals surface area contributed by atoms with E-state index < -0.39 is 0 Å². The van der Waals surface area contributed by atoms with Gasteiger partial charge in [-0.3, -0.25) is 14.5 Å². The Morgan fingerprint density at radius 2 is 1.50 bits per heavy atom. The maximum Gasteiger partial charge on any atom is 0.238 e. The summed E-state index contributed by atoms with van der Waals surface area (Å²) in [4.78, 5) is 27.2. The number of imide groups is 1. The molecule has 4 aliphatic carbocycles. The Labute approximate surface area is 128 Å². The highest BCUT2D eigenvalue weighted by molar-refractivity contribution is 6.22. The number of nitrogens with zero attached hydrogens (tertiary/aromatic N) is 1. The molecule has 2 amide bonds. The molecule has 1 aromatic rings. The molecule has 0 unspecified atom stereocenters. The van der Waals surface area contributed by atoms with Gasteiger partial charge in [0, 0.05) is 0 Å². The number of ether oxygens (including phenoxy) is 1. The van der Waals surface area contributed by atoms with Crippen molar-refractivity contribution in [3.8, 4) is 5.75 Å². The molecule has 0 spiro atoms. The topological polar surface area (TPSA) is 46.6 Å². The van der Waals surface area contributed by atoms with Gasteiger partial charge in [-0.05, 0) is 54.4 Å². The summed E-state index contributed by atoms with van der Waals surface area (Å²) >= 11 is 0. The lowest BCUT2D eigenvalue weighted by Gasteiger charge is -2.37. The standard InChI is InChI=1S/C18H17NO3/c1-22-10-4-2-9(3-5-10)19-17(20)15-11-6-7-12(14-8-13(11)14)16(15)18(19)21/h2-7,11-16H,8H2,1H3/t11-,12-,13-,14-,15-,16+/m0/s1. The first kappa shape index (κ1) is 12.4. The molecular formula is C18H17NO3. The molecule has 4 heteroatoms. The highest BCUT2D eigenvalue weighted by Crippen LogP contribution is 2.65. The van der Waals surface area contributed by atoms with Gasteiger partial charge < -0.3 is 4.74 Å². The van der Waals surface area contributed by atoms with Crippen LogP contribution < -0.4 is 9.64 Å². The molecule has 3 fully saturated rings. The zero-order valence-corrected chi connectivity index (χ0v) is 12.3. The van der Waals surface area contributed by atoms with Crippen LogP contribution in [-0.4, -0.2) is 18.9 Å². The van der Waals surface area contributed by atoms with Crippen molar-refractivity contribution < 1.29 is 14.3 Å². The monoisotopic (exact) mass is 295 g/mol. The van der Waals surface area contributed by atoms with E-state index in [1.807, 2.05) is 0 Å². The van der Waals surface area contributed by atoms with E-state index in [1.165, 1.54) is 11.3 Å². The van der Waals surface area contributed by atoms with Crippen LogP contribution in [0.15, 0.2) is 36.4 Å². The number of carbonyl (C=O) groups is 2. The highest BCUT2D eigenvalue weighted by atomic mass is 16.5. The van der Waals surface area contributed by atoms with Gasteiger partial charge in [0.1, 0.15) is 5.75 Å². The molecule has 6 rings (SSSR count). The molecule has 1 aliphatic heterocycles. The zero-order chi connectivity index (χ0) is 15.0. The zero-order valence-electron chi connectivity index (χ0n) is 12.3. The van der Waals surface area contributed by atoms with E-state index >= 15 is 0 Å². The first-order valence-electron chi connectivity index (χ1n) is 7.91. The Morgan fingerprint density at radius 3 is 2.00 bits per heavy atom. The van der Waals surface area contributed by atoms with Gasteiger partial charge in [0.15, 0.2) is 0 Å². The maximum absolute atomic E-state index is 12.9. The molecule has 6 atom stereocenters. The van der Waals surface area contributed by atoms with Gasteiger partial charge in [-0.2, -0.15) is 0 Å². The second kappa shape index (κ2) is 4.00. The molecule has 4 nitrogen and oxygen atoms in total. The SMILES string of the molecule is COc1ccc(N2C(=O)[C@@H]3[C@H]4C=C[C@@H]([C@@H]5C[C@@H]45)[C@@H]3C2=O)cc1. The molecule has 5 aliphatic rings. The first-order valence-corrected chi connectivity index (χ1v) is 7.91. The summed E-state index contributed by atoms with van der Waals surface area (Å²) in [6.07, 6.45) is 5.59. The third kappa shape index (κ3) is 1.38. The van der Waals surface area contributed by atoms with Gasteiger partial charge in [-0.25, -0.2) is 0 Å². The average molecular weight is 295 g/mol. The molecule has 2 saturated carbocycles. The van der Waals surface area contributed by atoms with E-state index in [4.69, 9.17) is 4.74 Å². The number of anilines is 1. The van der Waals surface area contributed by atoms with Crippen LogP contribution in [0, 0.1) is 35.5 Å². The minimum Gasteiger partial charge on any atom is -0.497 e. The van der Waals surface area contributed by atoms with Crippen LogP contribution in [0.5, 0.6) is 5.75 Å². The summed E-state index contributed by atoms with van der Waals surface area (Å²) < 4.78 is 5.15. The molecule has 2 bridgehead atoms. The van der Waals surface area contributed by atoms with Crippen molar-refractivity contribution in [3.63, 3.8) is 0 Å². The molecule has 112 valence electrons. The fourth-order valence-corrected chi connectivity index (χ4v) is 4.94. The lowest BCUT2D eigenvalue weighted by Crippen LogP contribution is -2.40. The van der Waals surface area contributed by atoms with E-state index in [1.54, 1.807) is 31.4 Å². The van der Waals surface area contributed by atoms with Crippen LogP contribution in [0.3, 0.4) is 0 Å². The molecule has 0 N–H and O–H groups in total. The van der Waals surface area contributed by atoms with Gasteiger partial charge in [-0.15, -0.1) is 0 Å². The van der Waals surface area contributed by atoms with Crippen molar-refractivity contribution in [3.05, 3.63) is 36.4 Å². The number of benzene rings is 1. The van der Waals surface area contributed by atoms with Gasteiger partial charge in [0.2, 0.25) is 11.8 Å². The van der Waals surface area contributed by atoms with Crippen LogP contribution in [-0.2, 0) is 9.59 Å². The predicted molar refractivity (Wildman–Crippen MR) is 80.2 cm³/mol. The van der Waals surface area contributed by atoms with Crippen molar-refractivity contribution in [1.29, 1.82) is 0 Å². The number of carbonyl (C=O) groups excluding carboxylic acids is 2. The van der Waals surface area contributed by atoms with E-state index in [-0.39, 0.29) is 35.5 Å². The molecule has 1 aromatic carbocycles. The Bertz CT molecular complexity index is 672. The van der Waals surface area contributed by atoms with Crippen molar-refractivity contribution in [2.75, 3.05) is 12.0 Å². The summed E-state index contributed by atoms with van der Waals surface area (Å²) in [5.41, 5.74) is 0.665. The number of methoxy groups -OCH3 is 1. The number of amides is 2. The third-order valence-corrected chi connectivity index (χ3v) is 5.99. The maximum atomic E-state index is 12.9. The van der Waals surface area contributed by atoms with E-state index in [2.05, 4.69) is 12.2 Å². The predicted octanol–water partition coefficient (Wildman–Crippen LogP) is 2.25. The van der Waals surface area contributed by atoms with Gasteiger partial charge in [-0.1, -0.05) is 12.2 Å². The first-order chi connectivity index (χ1) is 10.7. The van der Waals surface area contributed by atoms with Crippen molar-refractivity contribution >= 4 is 17.5 Å². The Morgan fingerprint density at radius 1 is 0.955 bits per heavy atom. The molecule has 22 heavy (non-hydrogen) atoms. The number of hydrogen-bond donors (Lipinski definition) is 0. The number of allylic oxidation sites excluding steroid dienone is 2. The molecular weight excluding hydrogens is 278 g/mol. The molecule has 0 radical (unpaired) electrons. The minimum atomic E-state index is -0.131. The van der Waals surface area contributed by atoms with Gasteiger partial charge >= 0.3 is 0 Å². The summed E-state index contributed by atoms with van der Waals surface area (Å²) in [7, 11) is 1.60. The second-order valence-corrected chi connectivity index (χ2v) is 6.86. The third-order valence-electron chi connectivity index (χ3n) is 5.99. The lowest BCUT2D eigenvalue weighted by molar-refractivity contribution is -0.124. The normalized spacial score (nSPS) is 40.7. The summed E-state index contributed by atoms with van der Waals surface area (Å²) in [5, 5.41) is 0. The Kier molecular flexibility index (Phi) is 2.26. The molecule has 1 saturated heterocycles. The fourth-order valence-electron chi connectivity index (χ4n) is 4.94. The second-order valence-electron chi connectivity index (χ2n) is 6.86. The fraction of sp³-hybridized carbons (Fsp3) is 0.444. The number of rotatable bonds is 2. The van der Waals surface area contributed by atoms with Gasteiger partial charge in [0.25, 0.3) is 0 Å². The lowest BCUT2D eigenvalue weighted by atomic mass is 9.63. The van der Waals surface area contributed by atoms with Crippen LogP contribution >= 0.6 is 0 Å². The largest absolute Gasteiger partial charge is 0.497 e. The summed E-state index contributed by atoms with van der Waals surface area (Å²) in [5.74, 6) is 2.28. The quantitative estimate of drug-likeness (QED) is 0.621. The average Bonchev–Trinajstić information content (AvgIpc) is 3.32. The highest BCUT2D eigenvalue weighted by Gasteiger charge is 2.67. The molecule has 0 aromatic heterocycles.